The molecule has 6 heteroatoms. The maximum Gasteiger partial charge on any atom is 0.221 e. The molecule has 1 amide bonds. The van der Waals surface area contributed by atoms with Crippen LogP contribution < -0.4 is 11.5 Å². The number of aliphatic hydroxyl groups excluding tert-OH is 2. The molecule has 3 rings (SSSR count). The molecule has 0 fully saturated rings. The Morgan fingerprint density at radius 1 is 1.07 bits per heavy atom. The van der Waals surface area contributed by atoms with Gasteiger partial charge in [0.25, 0.3) is 0 Å². The molecule has 2 aromatic carbocycles. The van der Waals surface area contributed by atoms with Gasteiger partial charge in [-0.05, 0) is 36.5 Å². The lowest BCUT2D eigenvalue weighted by Crippen LogP contribution is -2.30. The number of benzene rings is 2. The Balaban J connectivity index is 2.22. The fraction of sp³-hybridized carbons (Fsp3) is 0.375. The zero-order valence-electron chi connectivity index (χ0n) is 17.7. The lowest BCUT2D eigenvalue weighted by atomic mass is 9.86. The fourth-order valence-corrected chi connectivity index (χ4v) is 4.20. The number of fused-ring (bicyclic) bond motifs is 1. The summed E-state index contributed by atoms with van der Waals surface area (Å²) in [5, 5.41) is 21.5. The molecule has 3 atom stereocenters. The summed E-state index contributed by atoms with van der Waals surface area (Å²) in [4.78, 5) is 12.0. The summed E-state index contributed by atoms with van der Waals surface area (Å²) in [6.07, 6.45) is -2.19. The number of rotatable bonds is 8. The highest BCUT2D eigenvalue weighted by Gasteiger charge is 2.28. The maximum absolute atomic E-state index is 12.0. The van der Waals surface area contributed by atoms with E-state index in [4.69, 9.17) is 11.5 Å². The van der Waals surface area contributed by atoms with E-state index in [-0.39, 0.29) is 17.7 Å². The van der Waals surface area contributed by atoms with Gasteiger partial charge in [0.05, 0.1) is 0 Å². The Morgan fingerprint density at radius 2 is 1.73 bits per heavy atom. The Kier molecular flexibility index (Phi) is 6.61. The highest BCUT2D eigenvalue weighted by Crippen LogP contribution is 2.36. The number of hydrogen-bond acceptors (Lipinski definition) is 4. The summed E-state index contributed by atoms with van der Waals surface area (Å²) >= 11 is 0. The van der Waals surface area contributed by atoms with Gasteiger partial charge in [-0.2, -0.15) is 0 Å². The van der Waals surface area contributed by atoms with E-state index in [0.29, 0.717) is 18.5 Å². The van der Waals surface area contributed by atoms with E-state index in [1.54, 1.807) is 0 Å². The molecule has 160 valence electrons. The van der Waals surface area contributed by atoms with Crippen molar-refractivity contribution in [1.29, 1.82) is 0 Å². The molecule has 1 aromatic heterocycles. The molecule has 0 aliphatic heterocycles. The summed E-state index contributed by atoms with van der Waals surface area (Å²) < 4.78 is 2.11. The van der Waals surface area contributed by atoms with E-state index in [1.165, 1.54) is 0 Å². The second kappa shape index (κ2) is 9.00. The molecular formula is C24H31N3O3. The summed E-state index contributed by atoms with van der Waals surface area (Å²) in [6.45, 7) is 6.48. The van der Waals surface area contributed by atoms with Crippen LogP contribution in [0.4, 0.5) is 0 Å². The first-order valence-electron chi connectivity index (χ1n) is 10.3. The van der Waals surface area contributed by atoms with Crippen molar-refractivity contribution < 1.29 is 15.0 Å². The van der Waals surface area contributed by atoms with Crippen LogP contribution in [-0.4, -0.2) is 26.9 Å². The number of amides is 1. The van der Waals surface area contributed by atoms with Crippen molar-refractivity contribution >= 4 is 16.8 Å². The second-order valence-electron chi connectivity index (χ2n) is 8.27. The van der Waals surface area contributed by atoms with Crippen LogP contribution in [-0.2, 0) is 17.8 Å². The third kappa shape index (κ3) is 4.26. The van der Waals surface area contributed by atoms with E-state index < -0.39 is 12.3 Å². The number of aliphatic hydroxyl groups is 2. The number of nitrogens with zero attached hydrogens (tertiary/aromatic N) is 1. The predicted molar refractivity (Wildman–Crippen MR) is 119 cm³/mol. The molecule has 1 unspecified atom stereocenters. The summed E-state index contributed by atoms with van der Waals surface area (Å²) in [6, 6.07) is 15.9. The van der Waals surface area contributed by atoms with Crippen molar-refractivity contribution in [3.8, 4) is 0 Å². The van der Waals surface area contributed by atoms with Crippen LogP contribution in [0.15, 0.2) is 48.5 Å². The van der Waals surface area contributed by atoms with Crippen molar-refractivity contribution in [3.05, 3.63) is 70.9 Å². The summed E-state index contributed by atoms with van der Waals surface area (Å²) in [5.41, 5.74) is 15.7. The van der Waals surface area contributed by atoms with Crippen molar-refractivity contribution in [2.45, 2.75) is 46.1 Å². The average molecular weight is 410 g/mol. The van der Waals surface area contributed by atoms with Crippen molar-refractivity contribution in [3.63, 3.8) is 0 Å². The molecule has 0 aliphatic carbocycles. The molecule has 0 saturated carbocycles. The monoisotopic (exact) mass is 409 g/mol. The van der Waals surface area contributed by atoms with Gasteiger partial charge >= 0.3 is 0 Å². The minimum absolute atomic E-state index is 0.0822. The average Bonchev–Trinajstić information content (AvgIpc) is 2.98. The molecule has 3 aromatic rings. The highest BCUT2D eigenvalue weighted by atomic mass is 16.3. The number of hydrogen-bond donors (Lipinski definition) is 4. The topological polar surface area (TPSA) is 114 Å². The standard InChI is InChI=1S/C24H31N3O3/c1-14(2)18(23(25)29)12-17-10-7-11-19-21(17)20(22(28)24(26)30)15(3)27(19)13-16-8-5-4-6-9-16/h4-11,14,18,22,24,28,30H,12-13,26H2,1-3H3,(H2,25,29)/t18?,22-,24+/m0/s1. The Hall–Kier alpha value is -2.67. The normalized spacial score (nSPS) is 14.8. The first kappa shape index (κ1) is 22.0. The van der Waals surface area contributed by atoms with E-state index in [2.05, 4.69) is 4.57 Å². The van der Waals surface area contributed by atoms with Gasteiger partial charge in [0.2, 0.25) is 5.91 Å². The van der Waals surface area contributed by atoms with Gasteiger partial charge in [0.1, 0.15) is 12.3 Å². The van der Waals surface area contributed by atoms with E-state index in [1.807, 2.05) is 69.3 Å². The van der Waals surface area contributed by atoms with E-state index >= 15 is 0 Å². The molecule has 6 nitrogen and oxygen atoms in total. The van der Waals surface area contributed by atoms with Crippen LogP contribution in [0.5, 0.6) is 0 Å². The first-order valence-corrected chi connectivity index (χ1v) is 10.3. The quantitative estimate of drug-likeness (QED) is 0.428. The maximum atomic E-state index is 12.0. The zero-order valence-corrected chi connectivity index (χ0v) is 17.7. The fourth-order valence-electron chi connectivity index (χ4n) is 4.20. The Morgan fingerprint density at radius 3 is 2.30 bits per heavy atom. The molecule has 0 saturated heterocycles. The number of primary amides is 1. The van der Waals surface area contributed by atoms with Gasteiger partial charge in [0.15, 0.2) is 0 Å². The van der Waals surface area contributed by atoms with Crippen LogP contribution in [0.3, 0.4) is 0 Å². The van der Waals surface area contributed by atoms with Gasteiger partial charge in [-0.1, -0.05) is 56.3 Å². The lowest BCUT2D eigenvalue weighted by Gasteiger charge is -2.19. The number of carbonyl (C=O) groups is 1. The van der Waals surface area contributed by atoms with Crippen LogP contribution >= 0.6 is 0 Å². The van der Waals surface area contributed by atoms with Crippen LogP contribution in [0, 0.1) is 18.8 Å². The van der Waals surface area contributed by atoms with Gasteiger partial charge in [-0.3, -0.25) is 4.79 Å². The third-order valence-corrected chi connectivity index (χ3v) is 5.90. The molecule has 1 heterocycles. The van der Waals surface area contributed by atoms with Gasteiger partial charge in [-0.15, -0.1) is 0 Å². The van der Waals surface area contributed by atoms with Crippen molar-refractivity contribution in [1.82, 2.24) is 4.57 Å². The minimum Gasteiger partial charge on any atom is -0.384 e. The molecular weight excluding hydrogens is 378 g/mol. The number of carbonyl (C=O) groups excluding carboxylic acids is 1. The molecule has 6 N–H and O–H groups in total. The molecule has 0 aliphatic rings. The second-order valence-corrected chi connectivity index (χ2v) is 8.27. The summed E-state index contributed by atoms with van der Waals surface area (Å²) in [7, 11) is 0. The Labute approximate surface area is 177 Å². The van der Waals surface area contributed by atoms with Gasteiger partial charge in [0, 0.05) is 34.6 Å². The first-order chi connectivity index (χ1) is 14.2. The van der Waals surface area contributed by atoms with Gasteiger partial charge in [-0.25, -0.2) is 0 Å². The molecule has 30 heavy (non-hydrogen) atoms. The van der Waals surface area contributed by atoms with E-state index in [0.717, 1.165) is 27.7 Å². The highest BCUT2D eigenvalue weighted by molar-refractivity contribution is 5.90. The van der Waals surface area contributed by atoms with Crippen LogP contribution in [0.1, 0.15) is 42.3 Å². The van der Waals surface area contributed by atoms with Crippen molar-refractivity contribution in [2.24, 2.45) is 23.3 Å². The van der Waals surface area contributed by atoms with Gasteiger partial charge < -0.3 is 26.2 Å². The van der Waals surface area contributed by atoms with Crippen LogP contribution in [0.2, 0.25) is 0 Å². The number of aromatic nitrogens is 1. The largest absolute Gasteiger partial charge is 0.384 e. The predicted octanol–water partition coefficient (Wildman–Crippen LogP) is 2.61. The zero-order chi connectivity index (χ0) is 22.0. The van der Waals surface area contributed by atoms with E-state index in [9.17, 15) is 15.0 Å². The van der Waals surface area contributed by atoms with Crippen molar-refractivity contribution in [2.75, 3.05) is 0 Å². The van der Waals surface area contributed by atoms with Crippen LogP contribution in [0.25, 0.3) is 10.9 Å². The minimum atomic E-state index is -1.41. The molecule has 0 radical (unpaired) electrons. The Bertz CT molecular complexity index is 1030. The third-order valence-electron chi connectivity index (χ3n) is 5.90. The molecule has 0 bridgehead atoms. The molecule has 0 spiro atoms. The summed E-state index contributed by atoms with van der Waals surface area (Å²) in [5.74, 6) is -0.594. The smallest absolute Gasteiger partial charge is 0.221 e. The number of nitrogens with two attached hydrogens (primary N) is 2. The SMILES string of the molecule is Cc1c([C@H](O)[C@H](N)O)c2c(CC(C(N)=O)C(C)C)cccc2n1Cc1ccccc1. The lowest BCUT2D eigenvalue weighted by molar-refractivity contribution is -0.123.